The quantitative estimate of drug-likeness (QED) is 0.364. The van der Waals surface area contributed by atoms with E-state index in [2.05, 4.69) is 63.3 Å². The number of nitrogens with zero attached hydrogens (tertiary/aromatic N) is 5. The van der Waals surface area contributed by atoms with Crippen molar-refractivity contribution in [3.05, 3.63) is 65.5 Å². The van der Waals surface area contributed by atoms with E-state index in [0.717, 1.165) is 38.9 Å². The first-order valence-corrected chi connectivity index (χ1v) is 12.5. The van der Waals surface area contributed by atoms with Gasteiger partial charge in [-0.3, -0.25) is 4.79 Å². The molecule has 2 unspecified atom stereocenters. The summed E-state index contributed by atoms with van der Waals surface area (Å²) >= 11 is 3.10. The van der Waals surface area contributed by atoms with Gasteiger partial charge in [-0.15, -0.1) is 22.0 Å². The zero-order valence-electron chi connectivity index (χ0n) is 18.1. The second-order valence-electron chi connectivity index (χ2n) is 7.66. The summed E-state index contributed by atoms with van der Waals surface area (Å²) in [6.45, 7) is 4.79. The van der Waals surface area contributed by atoms with Crippen LogP contribution >= 0.6 is 23.5 Å². The molecule has 0 amide bonds. The summed E-state index contributed by atoms with van der Waals surface area (Å²) in [4.78, 5) is 16.5. The molecule has 2 aromatic heterocycles. The van der Waals surface area contributed by atoms with Crippen molar-refractivity contribution >= 4 is 29.5 Å². The molecule has 0 fully saturated rings. The molecule has 0 saturated carbocycles. The third-order valence-electron chi connectivity index (χ3n) is 5.59. The number of rotatable bonds is 7. The molecular formula is C23H22N6O2S2. The molecule has 0 aliphatic carbocycles. The summed E-state index contributed by atoms with van der Waals surface area (Å²) in [6, 6.07) is 16.4. The Kier molecular flexibility index (Phi) is 5.94. The Hall–Kier alpha value is -3.11. The van der Waals surface area contributed by atoms with Crippen LogP contribution < -0.4 is 0 Å². The zero-order chi connectivity index (χ0) is 22.9. The van der Waals surface area contributed by atoms with Crippen LogP contribution in [0.1, 0.15) is 41.3 Å². The second-order valence-corrected chi connectivity index (χ2v) is 10.3. The molecular weight excluding hydrogens is 456 g/mol. The van der Waals surface area contributed by atoms with E-state index in [1.807, 2.05) is 24.3 Å². The lowest BCUT2D eigenvalue weighted by Crippen LogP contribution is -2.06. The fourth-order valence-electron chi connectivity index (χ4n) is 4.16. The van der Waals surface area contributed by atoms with Gasteiger partial charge in [-0.2, -0.15) is 5.21 Å². The maximum absolute atomic E-state index is 11.7. The van der Waals surface area contributed by atoms with Gasteiger partial charge in [-0.25, -0.2) is 4.98 Å². The van der Waals surface area contributed by atoms with Crippen molar-refractivity contribution < 1.29 is 9.90 Å². The van der Waals surface area contributed by atoms with Gasteiger partial charge in [0.1, 0.15) is 5.25 Å². The number of benzene rings is 2. The maximum atomic E-state index is 11.7. The highest BCUT2D eigenvalue weighted by atomic mass is 32.2. The highest BCUT2D eigenvalue weighted by Gasteiger charge is 2.39. The van der Waals surface area contributed by atoms with Crippen molar-refractivity contribution in [1.29, 1.82) is 0 Å². The van der Waals surface area contributed by atoms with Crippen molar-refractivity contribution in [1.82, 2.24) is 30.2 Å². The van der Waals surface area contributed by atoms with Crippen LogP contribution in [0.3, 0.4) is 0 Å². The van der Waals surface area contributed by atoms with Crippen LogP contribution in [0.15, 0.2) is 53.7 Å². The zero-order valence-corrected chi connectivity index (χ0v) is 19.7. The summed E-state index contributed by atoms with van der Waals surface area (Å²) in [6.07, 6.45) is 0. The van der Waals surface area contributed by atoms with Crippen molar-refractivity contribution in [2.75, 3.05) is 5.75 Å². The summed E-state index contributed by atoms with van der Waals surface area (Å²) < 4.78 is 2.19. The Balaban J connectivity index is 1.47. The van der Waals surface area contributed by atoms with Gasteiger partial charge in [0, 0.05) is 17.4 Å². The molecule has 8 nitrogen and oxygen atoms in total. The molecule has 0 radical (unpaired) electrons. The number of carbonyl (C=O) groups is 1. The predicted octanol–water partition coefficient (Wildman–Crippen LogP) is 4.82. The molecule has 33 heavy (non-hydrogen) atoms. The van der Waals surface area contributed by atoms with E-state index in [-0.39, 0.29) is 5.25 Å². The molecule has 5 rings (SSSR count). The number of H-pyrrole nitrogens is 1. The van der Waals surface area contributed by atoms with Gasteiger partial charge in [-0.05, 0) is 34.6 Å². The topological polar surface area (TPSA) is 110 Å². The number of imidazole rings is 1. The van der Waals surface area contributed by atoms with Crippen molar-refractivity contribution in [3.63, 3.8) is 0 Å². The molecule has 2 atom stereocenters. The molecule has 4 aromatic rings. The van der Waals surface area contributed by atoms with Crippen LogP contribution in [0.25, 0.3) is 22.5 Å². The summed E-state index contributed by atoms with van der Waals surface area (Å²) in [5.41, 5.74) is 5.86. The number of thioether (sulfide) groups is 2. The minimum Gasteiger partial charge on any atom is -0.480 e. The number of carboxylic acid groups (broad SMARTS) is 1. The first-order valence-electron chi connectivity index (χ1n) is 10.6. The van der Waals surface area contributed by atoms with Crippen LogP contribution in [-0.4, -0.2) is 47.0 Å². The minimum absolute atomic E-state index is 0.0842. The first kappa shape index (κ1) is 21.7. The van der Waals surface area contributed by atoms with E-state index in [4.69, 9.17) is 4.98 Å². The Morgan fingerprint density at radius 3 is 2.61 bits per heavy atom. The van der Waals surface area contributed by atoms with E-state index in [1.54, 1.807) is 11.8 Å². The first-order chi connectivity index (χ1) is 16.1. The number of aromatic amines is 1. The SMILES string of the molecule is CCSc1nc2c(n1Cc1ccc(-c3ccccc3-c3nn[nH]n3)cc1)C(C)SC2C(=O)O. The van der Waals surface area contributed by atoms with Gasteiger partial charge < -0.3 is 9.67 Å². The lowest BCUT2D eigenvalue weighted by molar-refractivity contribution is -0.136. The monoisotopic (exact) mass is 478 g/mol. The largest absolute Gasteiger partial charge is 0.480 e. The smallest absolute Gasteiger partial charge is 0.322 e. The summed E-state index contributed by atoms with van der Waals surface area (Å²) in [5.74, 6) is 0.610. The van der Waals surface area contributed by atoms with Crippen LogP contribution in [0.4, 0.5) is 0 Å². The van der Waals surface area contributed by atoms with Crippen molar-refractivity contribution in [3.8, 4) is 22.5 Å². The third kappa shape index (κ3) is 4.04. The molecule has 2 aromatic carbocycles. The number of fused-ring (bicyclic) bond motifs is 1. The molecule has 0 spiro atoms. The molecule has 168 valence electrons. The Morgan fingerprint density at radius 2 is 1.94 bits per heavy atom. The highest BCUT2D eigenvalue weighted by molar-refractivity contribution is 8.00. The number of hydrogen-bond donors (Lipinski definition) is 2. The molecule has 0 saturated heterocycles. The van der Waals surface area contributed by atoms with Gasteiger partial charge in [0.05, 0.1) is 11.4 Å². The lowest BCUT2D eigenvalue weighted by atomic mass is 9.98. The van der Waals surface area contributed by atoms with E-state index in [0.29, 0.717) is 18.1 Å². The number of tetrazole rings is 1. The maximum Gasteiger partial charge on any atom is 0.322 e. The number of hydrogen-bond acceptors (Lipinski definition) is 7. The van der Waals surface area contributed by atoms with Gasteiger partial charge in [0.25, 0.3) is 0 Å². The van der Waals surface area contributed by atoms with E-state index in [1.165, 1.54) is 11.8 Å². The van der Waals surface area contributed by atoms with Crippen molar-refractivity contribution in [2.45, 2.75) is 36.0 Å². The molecule has 2 N–H and O–H groups in total. The second kappa shape index (κ2) is 9.03. The number of aliphatic carboxylic acids is 1. The third-order valence-corrected chi connectivity index (χ3v) is 7.78. The van der Waals surface area contributed by atoms with E-state index < -0.39 is 11.2 Å². The van der Waals surface area contributed by atoms with Gasteiger partial charge in [-0.1, -0.05) is 67.2 Å². The summed E-state index contributed by atoms with van der Waals surface area (Å²) in [7, 11) is 0. The predicted molar refractivity (Wildman–Crippen MR) is 129 cm³/mol. The molecule has 0 bridgehead atoms. The number of nitrogens with one attached hydrogen (secondary N) is 1. The van der Waals surface area contributed by atoms with Gasteiger partial charge in [0.15, 0.2) is 5.16 Å². The van der Waals surface area contributed by atoms with Crippen LogP contribution in [0.5, 0.6) is 0 Å². The van der Waals surface area contributed by atoms with Crippen LogP contribution in [0, 0.1) is 0 Å². The average molecular weight is 479 g/mol. The molecule has 1 aliphatic rings. The van der Waals surface area contributed by atoms with Crippen molar-refractivity contribution in [2.24, 2.45) is 0 Å². The Labute approximate surface area is 199 Å². The fourth-order valence-corrected chi connectivity index (χ4v) is 6.10. The highest BCUT2D eigenvalue weighted by Crippen LogP contribution is 2.51. The Bertz CT molecular complexity index is 1290. The fraction of sp³-hybridized carbons (Fsp3) is 0.261. The van der Waals surface area contributed by atoms with Crippen LogP contribution in [-0.2, 0) is 11.3 Å². The molecule has 1 aliphatic heterocycles. The number of carboxylic acids is 1. The average Bonchev–Trinajstić information content (AvgIpc) is 3.54. The van der Waals surface area contributed by atoms with E-state index in [9.17, 15) is 9.90 Å². The van der Waals surface area contributed by atoms with E-state index >= 15 is 0 Å². The standard InChI is InChI=1S/C23H22N6O2S2/c1-3-32-23-24-18-19(13(2)33-20(18)22(30)31)29(23)12-14-8-10-15(11-9-14)16-6-4-5-7-17(16)21-25-27-28-26-21/h4-11,13,20H,3,12H2,1-2H3,(H,30,31)(H,25,26,27,28). The number of aromatic nitrogens is 6. The molecule has 10 heteroatoms. The normalized spacial score (nSPS) is 17.3. The summed E-state index contributed by atoms with van der Waals surface area (Å²) in [5, 5.41) is 24.4. The minimum atomic E-state index is -0.826. The Morgan fingerprint density at radius 1 is 1.18 bits per heavy atom. The molecule has 3 heterocycles. The van der Waals surface area contributed by atoms with Gasteiger partial charge >= 0.3 is 5.97 Å². The van der Waals surface area contributed by atoms with Gasteiger partial charge in [0.2, 0.25) is 5.82 Å². The van der Waals surface area contributed by atoms with Crippen LogP contribution in [0.2, 0.25) is 0 Å². The lowest BCUT2D eigenvalue weighted by Gasteiger charge is -2.14.